The minimum Gasteiger partial charge on any atom is -0.296 e. The van der Waals surface area contributed by atoms with E-state index in [0.29, 0.717) is 12.8 Å². The van der Waals surface area contributed by atoms with E-state index in [9.17, 15) is 9.59 Å². The van der Waals surface area contributed by atoms with Crippen molar-refractivity contribution in [3.05, 3.63) is 12.7 Å². The van der Waals surface area contributed by atoms with Crippen molar-refractivity contribution in [3.63, 3.8) is 0 Å². The number of allylic oxidation sites excluding steroid dienone is 1. The molecule has 0 aromatic rings. The van der Waals surface area contributed by atoms with Gasteiger partial charge in [0, 0.05) is 12.3 Å². The molecule has 0 aromatic heterocycles. The summed E-state index contributed by atoms with van der Waals surface area (Å²) < 4.78 is 0. The zero-order chi connectivity index (χ0) is 9.84. The molecule has 1 rings (SSSR count). The Morgan fingerprint density at radius 3 is 2.85 bits per heavy atom. The number of nitrogens with one attached hydrogen (secondary N) is 1. The Morgan fingerprint density at radius 2 is 2.31 bits per heavy atom. The normalized spacial score (nSPS) is 28.4. The lowest BCUT2D eigenvalue weighted by atomic mass is 9.81. The molecule has 1 heterocycles. The molecular formula is C10H15NO2. The van der Waals surface area contributed by atoms with Gasteiger partial charge in [-0.15, -0.1) is 6.58 Å². The van der Waals surface area contributed by atoms with Gasteiger partial charge in [0.15, 0.2) is 0 Å². The van der Waals surface area contributed by atoms with Crippen LogP contribution in [0.15, 0.2) is 12.7 Å². The van der Waals surface area contributed by atoms with E-state index in [1.165, 1.54) is 0 Å². The zero-order valence-corrected chi connectivity index (χ0v) is 7.88. The molecule has 0 radical (unpaired) electrons. The van der Waals surface area contributed by atoms with Crippen LogP contribution in [0.4, 0.5) is 0 Å². The maximum atomic E-state index is 11.4. The van der Waals surface area contributed by atoms with Crippen molar-refractivity contribution in [1.29, 1.82) is 0 Å². The standard InChI is InChI=1S/C10H15NO2/c1-3-5-8-7(4-2)6-9(12)11-10(8)13/h3,7-8H,1,4-6H2,2H3,(H,11,12,13). The lowest BCUT2D eigenvalue weighted by Gasteiger charge is -2.28. The van der Waals surface area contributed by atoms with Crippen molar-refractivity contribution in [2.24, 2.45) is 11.8 Å². The highest BCUT2D eigenvalue weighted by atomic mass is 16.2. The highest BCUT2D eigenvalue weighted by Crippen LogP contribution is 2.26. The highest BCUT2D eigenvalue weighted by Gasteiger charge is 2.33. The van der Waals surface area contributed by atoms with Gasteiger partial charge in [0.05, 0.1) is 0 Å². The molecular weight excluding hydrogens is 166 g/mol. The molecule has 3 nitrogen and oxygen atoms in total. The first-order chi connectivity index (χ1) is 6.19. The molecule has 1 N–H and O–H groups in total. The van der Waals surface area contributed by atoms with E-state index >= 15 is 0 Å². The average molecular weight is 181 g/mol. The van der Waals surface area contributed by atoms with Gasteiger partial charge in [-0.3, -0.25) is 14.9 Å². The first kappa shape index (κ1) is 9.96. The van der Waals surface area contributed by atoms with Crippen LogP contribution in [0.25, 0.3) is 0 Å². The van der Waals surface area contributed by atoms with E-state index in [4.69, 9.17) is 0 Å². The first-order valence-electron chi connectivity index (χ1n) is 4.63. The minimum atomic E-state index is -0.142. The van der Waals surface area contributed by atoms with Gasteiger partial charge < -0.3 is 0 Å². The molecule has 0 bridgehead atoms. The van der Waals surface area contributed by atoms with Crippen LogP contribution >= 0.6 is 0 Å². The number of hydrogen-bond donors (Lipinski definition) is 1. The zero-order valence-electron chi connectivity index (χ0n) is 7.88. The lowest BCUT2D eigenvalue weighted by molar-refractivity contribution is -0.139. The molecule has 3 heteroatoms. The molecule has 2 atom stereocenters. The van der Waals surface area contributed by atoms with Crippen molar-refractivity contribution < 1.29 is 9.59 Å². The molecule has 0 saturated carbocycles. The quantitative estimate of drug-likeness (QED) is 0.526. The van der Waals surface area contributed by atoms with Gasteiger partial charge in [-0.2, -0.15) is 0 Å². The second-order valence-electron chi connectivity index (χ2n) is 3.42. The Balaban J connectivity index is 2.71. The van der Waals surface area contributed by atoms with E-state index in [0.717, 1.165) is 6.42 Å². The third-order valence-corrected chi connectivity index (χ3v) is 2.56. The van der Waals surface area contributed by atoms with E-state index in [1.807, 2.05) is 6.92 Å². The largest absolute Gasteiger partial charge is 0.296 e. The van der Waals surface area contributed by atoms with Crippen molar-refractivity contribution in [3.8, 4) is 0 Å². The number of carbonyl (C=O) groups is 2. The van der Waals surface area contributed by atoms with Crippen molar-refractivity contribution in [2.75, 3.05) is 0 Å². The van der Waals surface area contributed by atoms with Gasteiger partial charge in [0.2, 0.25) is 11.8 Å². The highest BCUT2D eigenvalue weighted by molar-refractivity contribution is 5.99. The molecule has 0 aliphatic carbocycles. The SMILES string of the molecule is C=CCC1C(=O)NC(=O)CC1CC. The molecule has 1 aliphatic heterocycles. The Bertz CT molecular complexity index is 235. The summed E-state index contributed by atoms with van der Waals surface area (Å²) in [4.78, 5) is 22.4. The summed E-state index contributed by atoms with van der Waals surface area (Å²) in [6.07, 6.45) is 3.75. The molecule has 0 spiro atoms. The van der Waals surface area contributed by atoms with Crippen LogP contribution in [-0.4, -0.2) is 11.8 Å². The monoisotopic (exact) mass is 181 g/mol. The molecule has 13 heavy (non-hydrogen) atoms. The fourth-order valence-electron chi connectivity index (χ4n) is 1.78. The number of imide groups is 1. The summed E-state index contributed by atoms with van der Waals surface area (Å²) in [6, 6.07) is 0. The fourth-order valence-corrected chi connectivity index (χ4v) is 1.78. The summed E-state index contributed by atoms with van der Waals surface area (Å²) in [5.41, 5.74) is 0. The van der Waals surface area contributed by atoms with Crippen LogP contribution in [-0.2, 0) is 9.59 Å². The second kappa shape index (κ2) is 4.21. The van der Waals surface area contributed by atoms with E-state index in [1.54, 1.807) is 6.08 Å². The third-order valence-electron chi connectivity index (χ3n) is 2.56. The third kappa shape index (κ3) is 2.17. The van der Waals surface area contributed by atoms with Crippen LogP contribution in [0, 0.1) is 11.8 Å². The Morgan fingerprint density at radius 1 is 1.62 bits per heavy atom. The minimum absolute atomic E-state index is 0.0554. The maximum absolute atomic E-state index is 11.4. The van der Waals surface area contributed by atoms with Gasteiger partial charge >= 0.3 is 0 Å². The fraction of sp³-hybridized carbons (Fsp3) is 0.600. The summed E-state index contributed by atoms with van der Waals surface area (Å²) >= 11 is 0. The number of hydrogen-bond acceptors (Lipinski definition) is 2. The molecule has 2 unspecified atom stereocenters. The molecule has 1 aliphatic rings. The molecule has 72 valence electrons. The van der Waals surface area contributed by atoms with Crippen molar-refractivity contribution in [2.45, 2.75) is 26.2 Å². The van der Waals surface area contributed by atoms with Crippen LogP contribution in [0.5, 0.6) is 0 Å². The van der Waals surface area contributed by atoms with Gasteiger partial charge in [-0.05, 0) is 12.3 Å². The number of rotatable bonds is 3. The van der Waals surface area contributed by atoms with Crippen molar-refractivity contribution >= 4 is 11.8 Å². The van der Waals surface area contributed by atoms with Crippen LogP contribution in [0.1, 0.15) is 26.2 Å². The predicted octanol–water partition coefficient (Wildman–Crippen LogP) is 1.25. The topological polar surface area (TPSA) is 46.2 Å². The second-order valence-corrected chi connectivity index (χ2v) is 3.42. The summed E-state index contributed by atoms with van der Waals surface area (Å²) in [6.45, 7) is 5.62. The number of carbonyl (C=O) groups excluding carboxylic acids is 2. The van der Waals surface area contributed by atoms with E-state index in [2.05, 4.69) is 11.9 Å². The number of piperidine rings is 1. The van der Waals surface area contributed by atoms with Gasteiger partial charge in [-0.25, -0.2) is 0 Å². The molecule has 0 aromatic carbocycles. The summed E-state index contributed by atoms with van der Waals surface area (Å²) in [5, 5.41) is 2.35. The molecule has 2 amide bonds. The average Bonchev–Trinajstić information content (AvgIpc) is 2.09. The molecule has 1 fully saturated rings. The smallest absolute Gasteiger partial charge is 0.230 e. The van der Waals surface area contributed by atoms with Crippen LogP contribution in [0.3, 0.4) is 0 Å². The van der Waals surface area contributed by atoms with Gasteiger partial charge in [-0.1, -0.05) is 19.4 Å². The summed E-state index contributed by atoms with van der Waals surface area (Å²) in [7, 11) is 0. The Hall–Kier alpha value is -1.12. The van der Waals surface area contributed by atoms with Gasteiger partial charge in [0.25, 0.3) is 0 Å². The number of amides is 2. The predicted molar refractivity (Wildman–Crippen MR) is 49.9 cm³/mol. The van der Waals surface area contributed by atoms with E-state index < -0.39 is 0 Å². The maximum Gasteiger partial charge on any atom is 0.230 e. The lowest BCUT2D eigenvalue weighted by Crippen LogP contribution is -2.45. The Labute approximate surface area is 78.2 Å². The van der Waals surface area contributed by atoms with E-state index in [-0.39, 0.29) is 23.7 Å². The van der Waals surface area contributed by atoms with Gasteiger partial charge in [0.1, 0.15) is 0 Å². The van der Waals surface area contributed by atoms with Crippen molar-refractivity contribution in [1.82, 2.24) is 5.32 Å². The molecule has 1 saturated heterocycles. The Kier molecular flexibility index (Phi) is 3.23. The van der Waals surface area contributed by atoms with Crippen LogP contribution in [0.2, 0.25) is 0 Å². The van der Waals surface area contributed by atoms with Crippen LogP contribution < -0.4 is 5.32 Å². The summed E-state index contributed by atoms with van der Waals surface area (Å²) in [5.74, 6) is -0.139. The first-order valence-corrected chi connectivity index (χ1v) is 4.63.